The Kier molecular flexibility index (Phi) is 8.93. The van der Waals surface area contributed by atoms with Gasteiger partial charge in [-0.3, -0.25) is 14.4 Å². The summed E-state index contributed by atoms with van der Waals surface area (Å²) in [6.45, 7) is 5.49. The van der Waals surface area contributed by atoms with E-state index >= 15 is 0 Å². The van der Waals surface area contributed by atoms with Crippen LogP contribution in [0.1, 0.15) is 49.4 Å². The van der Waals surface area contributed by atoms with Gasteiger partial charge in [-0.05, 0) is 62.1 Å². The van der Waals surface area contributed by atoms with Gasteiger partial charge in [0.25, 0.3) is 5.91 Å². The second-order valence-corrected chi connectivity index (χ2v) is 10.4. The average Bonchev–Trinajstić information content (AvgIpc) is 2.91. The van der Waals surface area contributed by atoms with Crippen LogP contribution in [0.3, 0.4) is 0 Å². The van der Waals surface area contributed by atoms with E-state index in [4.69, 9.17) is 9.47 Å². The van der Waals surface area contributed by atoms with Crippen LogP contribution in [-0.2, 0) is 43.2 Å². The van der Waals surface area contributed by atoms with Crippen LogP contribution in [0.15, 0.2) is 77.9 Å². The number of hydrazone groups is 1. The molecule has 1 N–H and O–H groups in total. The number of rotatable bonds is 9. The summed E-state index contributed by atoms with van der Waals surface area (Å²) in [5, 5.41) is 8.34. The standard InChI is InChI=1S/C31H32FN3O5/c1-31(2,3)40-28(38)17-16-23-10-7-11-25(29(23)32)33-26(36)18-21-12-14-22(15-13-21)19-35-27(37)20-39-30(34-35)24-8-5-4-6-9-24/h4-15H,16-20H2,1-3H3,(H,33,36). The summed E-state index contributed by atoms with van der Waals surface area (Å²) in [5.74, 6) is -1.23. The first-order chi connectivity index (χ1) is 19.1. The summed E-state index contributed by atoms with van der Waals surface area (Å²) in [6, 6.07) is 21.3. The van der Waals surface area contributed by atoms with Gasteiger partial charge in [0.05, 0.1) is 18.7 Å². The summed E-state index contributed by atoms with van der Waals surface area (Å²) >= 11 is 0. The molecule has 0 fully saturated rings. The summed E-state index contributed by atoms with van der Waals surface area (Å²) in [5.41, 5.74) is 2.11. The number of amides is 2. The van der Waals surface area contributed by atoms with Crippen LogP contribution < -0.4 is 5.32 Å². The molecule has 2 amide bonds. The van der Waals surface area contributed by atoms with Crippen LogP contribution in [0, 0.1) is 5.82 Å². The molecule has 0 radical (unpaired) electrons. The highest BCUT2D eigenvalue weighted by molar-refractivity contribution is 5.98. The van der Waals surface area contributed by atoms with Gasteiger partial charge in [0.15, 0.2) is 6.61 Å². The molecule has 0 saturated heterocycles. The van der Waals surface area contributed by atoms with Crippen molar-refractivity contribution >= 4 is 29.4 Å². The lowest BCUT2D eigenvalue weighted by Crippen LogP contribution is -2.36. The SMILES string of the molecule is CC(C)(C)OC(=O)CCc1cccc(NC(=O)Cc2ccc(CN3N=C(c4ccccc4)OCC3=O)cc2)c1F. The van der Waals surface area contributed by atoms with Crippen molar-refractivity contribution in [3.63, 3.8) is 0 Å². The normalized spacial score (nSPS) is 13.3. The van der Waals surface area contributed by atoms with Gasteiger partial charge in [0, 0.05) is 12.0 Å². The molecule has 1 heterocycles. The Morgan fingerprint density at radius 2 is 1.70 bits per heavy atom. The summed E-state index contributed by atoms with van der Waals surface area (Å²) in [6.07, 6.45) is 0.232. The van der Waals surface area contributed by atoms with Crippen molar-refractivity contribution in [2.24, 2.45) is 5.10 Å². The number of aryl methyl sites for hydroxylation is 1. The molecule has 4 rings (SSSR count). The zero-order chi connectivity index (χ0) is 28.7. The Bertz CT molecular complexity index is 1400. The van der Waals surface area contributed by atoms with Crippen molar-refractivity contribution in [2.75, 3.05) is 11.9 Å². The van der Waals surface area contributed by atoms with E-state index < -0.39 is 17.4 Å². The lowest BCUT2D eigenvalue weighted by atomic mass is 10.1. The van der Waals surface area contributed by atoms with Crippen LogP contribution in [-0.4, -0.2) is 40.9 Å². The van der Waals surface area contributed by atoms with Crippen molar-refractivity contribution < 1.29 is 28.2 Å². The molecular weight excluding hydrogens is 513 g/mol. The first kappa shape index (κ1) is 28.5. The van der Waals surface area contributed by atoms with Gasteiger partial charge >= 0.3 is 5.97 Å². The second-order valence-electron chi connectivity index (χ2n) is 10.4. The highest BCUT2D eigenvalue weighted by atomic mass is 19.1. The molecule has 0 aromatic heterocycles. The quantitative estimate of drug-likeness (QED) is 0.382. The van der Waals surface area contributed by atoms with Gasteiger partial charge < -0.3 is 14.8 Å². The van der Waals surface area contributed by atoms with Crippen LogP contribution in [0.25, 0.3) is 0 Å². The molecule has 208 valence electrons. The Morgan fingerprint density at radius 1 is 1.00 bits per heavy atom. The molecule has 9 heteroatoms. The monoisotopic (exact) mass is 545 g/mol. The van der Waals surface area contributed by atoms with E-state index in [2.05, 4.69) is 10.4 Å². The number of anilines is 1. The van der Waals surface area contributed by atoms with Crippen LogP contribution in [0.4, 0.5) is 10.1 Å². The van der Waals surface area contributed by atoms with Crippen molar-refractivity contribution in [3.05, 3.63) is 101 Å². The lowest BCUT2D eigenvalue weighted by Gasteiger charge is -2.24. The number of carbonyl (C=O) groups excluding carboxylic acids is 3. The highest BCUT2D eigenvalue weighted by Gasteiger charge is 2.23. The minimum Gasteiger partial charge on any atom is -0.466 e. The molecule has 8 nitrogen and oxygen atoms in total. The molecule has 40 heavy (non-hydrogen) atoms. The van der Waals surface area contributed by atoms with E-state index in [0.29, 0.717) is 11.5 Å². The average molecular weight is 546 g/mol. The van der Waals surface area contributed by atoms with Crippen molar-refractivity contribution in [1.82, 2.24) is 5.01 Å². The van der Waals surface area contributed by atoms with E-state index in [1.54, 1.807) is 45.0 Å². The van der Waals surface area contributed by atoms with Gasteiger partial charge in [0.1, 0.15) is 11.4 Å². The van der Waals surface area contributed by atoms with Gasteiger partial charge in [-0.2, -0.15) is 0 Å². The minimum absolute atomic E-state index is 0.0346. The molecule has 1 aliphatic heterocycles. The Morgan fingerprint density at radius 3 is 2.40 bits per heavy atom. The van der Waals surface area contributed by atoms with Crippen LogP contribution in [0.5, 0.6) is 0 Å². The van der Waals surface area contributed by atoms with E-state index in [9.17, 15) is 18.8 Å². The maximum absolute atomic E-state index is 15.0. The molecule has 0 atom stereocenters. The molecule has 0 unspecified atom stereocenters. The second kappa shape index (κ2) is 12.5. The minimum atomic E-state index is -0.608. The maximum atomic E-state index is 15.0. The van der Waals surface area contributed by atoms with Crippen molar-refractivity contribution in [2.45, 2.75) is 52.2 Å². The van der Waals surface area contributed by atoms with Gasteiger partial charge in [-0.25, -0.2) is 9.40 Å². The fourth-order valence-electron chi connectivity index (χ4n) is 4.06. The van der Waals surface area contributed by atoms with E-state index in [-0.39, 0.29) is 49.9 Å². The molecule has 3 aromatic rings. The number of hydrogen-bond donors (Lipinski definition) is 1. The predicted molar refractivity (Wildman–Crippen MR) is 149 cm³/mol. The number of hydrogen-bond acceptors (Lipinski definition) is 6. The van der Waals surface area contributed by atoms with Crippen molar-refractivity contribution in [1.29, 1.82) is 0 Å². The highest BCUT2D eigenvalue weighted by Crippen LogP contribution is 2.21. The Labute approximate surface area is 232 Å². The molecule has 0 spiro atoms. The van der Waals surface area contributed by atoms with Gasteiger partial charge in [-0.15, -0.1) is 5.10 Å². The largest absolute Gasteiger partial charge is 0.466 e. The third-order valence-corrected chi connectivity index (χ3v) is 5.94. The zero-order valence-electron chi connectivity index (χ0n) is 22.8. The topological polar surface area (TPSA) is 97.3 Å². The summed E-state index contributed by atoms with van der Waals surface area (Å²) in [7, 11) is 0. The van der Waals surface area contributed by atoms with Crippen molar-refractivity contribution in [3.8, 4) is 0 Å². The maximum Gasteiger partial charge on any atom is 0.306 e. The number of carbonyl (C=O) groups is 3. The summed E-state index contributed by atoms with van der Waals surface area (Å²) in [4.78, 5) is 37.0. The third kappa shape index (κ3) is 7.99. The number of benzene rings is 3. The smallest absolute Gasteiger partial charge is 0.306 e. The Balaban J connectivity index is 1.33. The molecule has 0 aliphatic carbocycles. The fourth-order valence-corrected chi connectivity index (χ4v) is 4.06. The molecule has 0 saturated carbocycles. The number of nitrogens with zero attached hydrogens (tertiary/aromatic N) is 2. The van der Waals surface area contributed by atoms with Gasteiger partial charge in [-0.1, -0.05) is 54.6 Å². The van der Waals surface area contributed by atoms with E-state index in [1.807, 2.05) is 42.5 Å². The number of nitrogens with one attached hydrogen (secondary N) is 1. The fraction of sp³-hybridized carbons (Fsp3) is 0.290. The third-order valence-electron chi connectivity index (χ3n) is 5.94. The number of esters is 1. The van der Waals surface area contributed by atoms with Crippen LogP contribution in [0.2, 0.25) is 0 Å². The molecule has 1 aliphatic rings. The molecule has 0 bridgehead atoms. The van der Waals surface area contributed by atoms with Gasteiger partial charge in [0.2, 0.25) is 11.8 Å². The first-order valence-electron chi connectivity index (χ1n) is 13.0. The Hall–Kier alpha value is -4.53. The number of halogens is 1. The predicted octanol–water partition coefficient (Wildman–Crippen LogP) is 5.00. The number of ether oxygens (including phenoxy) is 2. The summed E-state index contributed by atoms with van der Waals surface area (Å²) < 4.78 is 25.7. The first-order valence-corrected chi connectivity index (χ1v) is 13.0. The molecular formula is C31H32FN3O5. The van der Waals surface area contributed by atoms with E-state index in [1.165, 1.54) is 11.1 Å². The van der Waals surface area contributed by atoms with Crippen LogP contribution >= 0.6 is 0 Å². The van der Waals surface area contributed by atoms with E-state index in [0.717, 1.165) is 16.7 Å². The lowest BCUT2D eigenvalue weighted by molar-refractivity contribution is -0.154. The molecule has 3 aromatic carbocycles. The zero-order valence-corrected chi connectivity index (χ0v) is 22.8.